The number of hydrogen-bond acceptors (Lipinski definition) is 4. The Morgan fingerprint density at radius 3 is 2.57 bits per heavy atom. The van der Waals surface area contributed by atoms with Crippen molar-refractivity contribution >= 4 is 17.2 Å². The van der Waals surface area contributed by atoms with Crippen LogP contribution in [0.2, 0.25) is 0 Å². The van der Waals surface area contributed by atoms with E-state index in [1.807, 2.05) is 5.38 Å². The zero-order valence-electron chi connectivity index (χ0n) is 7.46. The van der Waals surface area contributed by atoms with Crippen molar-refractivity contribution in [3.63, 3.8) is 0 Å². The van der Waals surface area contributed by atoms with Gasteiger partial charge in [0.25, 0.3) is 5.91 Å². The Morgan fingerprint density at radius 1 is 1.43 bits per heavy atom. The van der Waals surface area contributed by atoms with Crippen molar-refractivity contribution in [2.24, 2.45) is 0 Å². The lowest BCUT2D eigenvalue weighted by Gasteiger charge is -2.13. The van der Waals surface area contributed by atoms with Gasteiger partial charge in [-0.3, -0.25) is 4.79 Å². The van der Waals surface area contributed by atoms with Gasteiger partial charge in [0, 0.05) is 18.5 Å². The van der Waals surface area contributed by atoms with Gasteiger partial charge in [-0.25, -0.2) is 0 Å². The number of aliphatic hydroxyl groups excluding tert-OH is 2. The molecule has 2 rings (SSSR count). The predicted molar refractivity (Wildman–Crippen MR) is 52.2 cm³/mol. The number of β-amino-alcohol motifs (C(OH)–C–C–N with tert-alkyl or cyclic N) is 2. The molecule has 0 radical (unpaired) electrons. The summed E-state index contributed by atoms with van der Waals surface area (Å²) in [4.78, 5) is 13.2. The van der Waals surface area contributed by atoms with E-state index >= 15 is 0 Å². The first-order valence-electron chi connectivity index (χ1n) is 4.36. The molecule has 1 fully saturated rings. The molecule has 0 aromatic carbocycles. The Kier molecular flexibility index (Phi) is 2.54. The minimum absolute atomic E-state index is 0.123. The molecule has 5 heteroatoms. The van der Waals surface area contributed by atoms with E-state index in [0.717, 1.165) is 0 Å². The van der Waals surface area contributed by atoms with Crippen LogP contribution in [-0.4, -0.2) is 46.3 Å². The molecular weight excluding hydrogens is 202 g/mol. The Hall–Kier alpha value is -0.910. The highest BCUT2D eigenvalue weighted by atomic mass is 32.1. The quantitative estimate of drug-likeness (QED) is 0.686. The van der Waals surface area contributed by atoms with Crippen LogP contribution in [0.3, 0.4) is 0 Å². The highest BCUT2D eigenvalue weighted by Crippen LogP contribution is 2.15. The minimum Gasteiger partial charge on any atom is -0.388 e. The summed E-state index contributed by atoms with van der Waals surface area (Å²) in [7, 11) is 0. The summed E-state index contributed by atoms with van der Waals surface area (Å²) in [5.74, 6) is -0.123. The third kappa shape index (κ3) is 1.66. The largest absolute Gasteiger partial charge is 0.388 e. The smallest absolute Gasteiger partial charge is 0.254 e. The summed E-state index contributed by atoms with van der Waals surface area (Å²) in [6.45, 7) is 0.436. The van der Waals surface area contributed by atoms with Crippen molar-refractivity contribution in [1.29, 1.82) is 0 Å². The summed E-state index contributed by atoms with van der Waals surface area (Å²) in [5.41, 5.74) is 0.622. The number of hydrogen-bond donors (Lipinski definition) is 2. The molecule has 1 aliphatic heterocycles. The lowest BCUT2D eigenvalue weighted by Crippen LogP contribution is -2.29. The molecule has 0 bridgehead atoms. The summed E-state index contributed by atoms with van der Waals surface area (Å²) in [6, 6.07) is 1.74. The average Bonchev–Trinajstić information content (AvgIpc) is 2.76. The molecule has 2 unspecified atom stereocenters. The van der Waals surface area contributed by atoms with E-state index in [-0.39, 0.29) is 19.0 Å². The summed E-state index contributed by atoms with van der Waals surface area (Å²) < 4.78 is 0. The van der Waals surface area contributed by atoms with Gasteiger partial charge in [-0.15, -0.1) is 0 Å². The number of carbonyl (C=O) groups is 1. The summed E-state index contributed by atoms with van der Waals surface area (Å²) >= 11 is 1.46. The number of rotatable bonds is 1. The molecule has 1 saturated heterocycles. The van der Waals surface area contributed by atoms with Gasteiger partial charge in [0.05, 0.1) is 17.8 Å². The van der Waals surface area contributed by atoms with Crippen molar-refractivity contribution in [3.05, 3.63) is 22.4 Å². The predicted octanol–water partition coefficient (Wildman–Crippen LogP) is -0.0743. The highest BCUT2D eigenvalue weighted by Gasteiger charge is 2.32. The molecule has 2 atom stereocenters. The second-order valence-corrected chi connectivity index (χ2v) is 4.14. The van der Waals surface area contributed by atoms with Crippen LogP contribution >= 0.6 is 11.3 Å². The van der Waals surface area contributed by atoms with Gasteiger partial charge in [-0.05, 0) is 11.4 Å². The first-order valence-corrected chi connectivity index (χ1v) is 5.30. The van der Waals surface area contributed by atoms with Crippen LogP contribution in [0.25, 0.3) is 0 Å². The van der Waals surface area contributed by atoms with E-state index in [1.165, 1.54) is 16.2 Å². The maximum absolute atomic E-state index is 11.7. The van der Waals surface area contributed by atoms with Crippen molar-refractivity contribution < 1.29 is 15.0 Å². The highest BCUT2D eigenvalue weighted by molar-refractivity contribution is 7.08. The molecular formula is C9H11NO3S. The second-order valence-electron chi connectivity index (χ2n) is 3.36. The maximum Gasteiger partial charge on any atom is 0.254 e. The minimum atomic E-state index is -0.808. The van der Waals surface area contributed by atoms with Gasteiger partial charge in [-0.2, -0.15) is 11.3 Å². The number of nitrogens with zero attached hydrogens (tertiary/aromatic N) is 1. The number of aliphatic hydroxyl groups is 2. The molecule has 76 valence electrons. The van der Waals surface area contributed by atoms with Crippen LogP contribution in [0.1, 0.15) is 10.4 Å². The van der Waals surface area contributed by atoms with Crippen molar-refractivity contribution in [2.75, 3.05) is 13.1 Å². The summed E-state index contributed by atoms with van der Waals surface area (Å²) in [5, 5.41) is 22.1. The fraction of sp³-hybridized carbons (Fsp3) is 0.444. The fourth-order valence-electron chi connectivity index (χ4n) is 1.50. The molecule has 0 spiro atoms. The fourth-order valence-corrected chi connectivity index (χ4v) is 2.13. The molecule has 0 aliphatic carbocycles. The molecule has 1 aromatic heterocycles. The first kappa shape index (κ1) is 9.64. The average molecular weight is 213 g/mol. The van der Waals surface area contributed by atoms with Gasteiger partial charge in [0.1, 0.15) is 0 Å². The molecule has 4 nitrogen and oxygen atoms in total. The van der Waals surface area contributed by atoms with Gasteiger partial charge < -0.3 is 15.1 Å². The second kappa shape index (κ2) is 3.68. The maximum atomic E-state index is 11.7. The lowest BCUT2D eigenvalue weighted by molar-refractivity contribution is 0.0572. The van der Waals surface area contributed by atoms with Crippen molar-refractivity contribution in [2.45, 2.75) is 12.2 Å². The molecule has 1 amide bonds. The van der Waals surface area contributed by atoms with Crippen LogP contribution in [0, 0.1) is 0 Å². The van der Waals surface area contributed by atoms with E-state index in [0.29, 0.717) is 5.56 Å². The van der Waals surface area contributed by atoms with Gasteiger partial charge >= 0.3 is 0 Å². The van der Waals surface area contributed by atoms with Gasteiger partial charge in [0.2, 0.25) is 0 Å². The SMILES string of the molecule is O=C(c1ccsc1)N1CC(O)C(O)C1. The van der Waals surface area contributed by atoms with Gasteiger partial charge in [0.15, 0.2) is 0 Å². The van der Waals surface area contributed by atoms with E-state index < -0.39 is 12.2 Å². The molecule has 1 aliphatic rings. The number of amides is 1. The Labute approximate surface area is 85.4 Å². The van der Waals surface area contributed by atoms with Crippen LogP contribution in [0.5, 0.6) is 0 Å². The van der Waals surface area contributed by atoms with E-state index in [4.69, 9.17) is 0 Å². The topological polar surface area (TPSA) is 60.8 Å². The molecule has 1 aromatic rings. The number of thiophene rings is 1. The van der Waals surface area contributed by atoms with E-state index in [9.17, 15) is 15.0 Å². The van der Waals surface area contributed by atoms with Crippen molar-refractivity contribution in [3.8, 4) is 0 Å². The van der Waals surface area contributed by atoms with Crippen LogP contribution in [0.15, 0.2) is 16.8 Å². The molecule has 2 heterocycles. The lowest BCUT2D eigenvalue weighted by atomic mass is 10.3. The first-order chi connectivity index (χ1) is 6.68. The molecule has 0 saturated carbocycles. The van der Waals surface area contributed by atoms with E-state index in [2.05, 4.69) is 0 Å². The number of likely N-dealkylation sites (tertiary alicyclic amines) is 1. The third-order valence-electron chi connectivity index (χ3n) is 2.31. The standard InChI is InChI=1S/C9H11NO3S/c11-7-3-10(4-8(7)12)9(13)6-1-2-14-5-6/h1-2,5,7-8,11-12H,3-4H2. The van der Waals surface area contributed by atoms with Gasteiger partial charge in [-0.1, -0.05) is 0 Å². The Morgan fingerprint density at radius 2 is 2.07 bits per heavy atom. The Bertz CT molecular complexity index is 315. The van der Waals surface area contributed by atoms with E-state index in [1.54, 1.807) is 11.4 Å². The molecule has 14 heavy (non-hydrogen) atoms. The molecule has 2 N–H and O–H groups in total. The zero-order valence-corrected chi connectivity index (χ0v) is 8.28. The van der Waals surface area contributed by atoms with Crippen LogP contribution < -0.4 is 0 Å². The monoisotopic (exact) mass is 213 g/mol. The zero-order chi connectivity index (χ0) is 10.1. The Balaban J connectivity index is 2.07. The van der Waals surface area contributed by atoms with Crippen LogP contribution in [0.4, 0.5) is 0 Å². The third-order valence-corrected chi connectivity index (χ3v) is 3.00. The van der Waals surface area contributed by atoms with Crippen molar-refractivity contribution in [1.82, 2.24) is 4.90 Å². The van der Waals surface area contributed by atoms with Crippen LogP contribution in [-0.2, 0) is 0 Å². The normalized spacial score (nSPS) is 26.9. The summed E-state index contributed by atoms with van der Waals surface area (Å²) in [6.07, 6.45) is -1.62. The number of carbonyl (C=O) groups excluding carboxylic acids is 1.